The average molecular weight is 280 g/mol. The highest BCUT2D eigenvalue weighted by Crippen LogP contribution is 2.47. The maximum Gasteiger partial charge on any atom is 0.474 e. The van der Waals surface area contributed by atoms with Crippen LogP contribution in [-0.4, -0.2) is 32.4 Å². The summed E-state index contributed by atoms with van der Waals surface area (Å²) in [7, 11) is -1.31. The molecule has 0 aliphatic carbocycles. The predicted molar refractivity (Wildman–Crippen MR) is 66.2 cm³/mol. The lowest BCUT2D eigenvalue weighted by Gasteiger charge is -2.18. The van der Waals surface area contributed by atoms with Gasteiger partial charge in [0.05, 0.1) is 0 Å². The third-order valence-electron chi connectivity index (χ3n) is 2.93. The SMILES string of the molecule is CCC(=O)C(C)C(C)C(=O)COP(=O)(OC)OC. The van der Waals surface area contributed by atoms with Crippen LogP contribution in [0.4, 0.5) is 0 Å². The van der Waals surface area contributed by atoms with Crippen LogP contribution in [0.3, 0.4) is 0 Å². The molecule has 6 nitrogen and oxygen atoms in total. The number of rotatable bonds is 9. The predicted octanol–water partition coefficient (Wildman–Crippen LogP) is 2.22. The van der Waals surface area contributed by atoms with Crippen LogP contribution in [-0.2, 0) is 27.7 Å². The topological polar surface area (TPSA) is 78.9 Å². The Morgan fingerprint density at radius 1 is 1.06 bits per heavy atom. The zero-order chi connectivity index (χ0) is 14.3. The van der Waals surface area contributed by atoms with Gasteiger partial charge in [-0.05, 0) is 0 Å². The van der Waals surface area contributed by atoms with Gasteiger partial charge < -0.3 is 0 Å². The zero-order valence-corrected chi connectivity index (χ0v) is 12.4. The van der Waals surface area contributed by atoms with E-state index >= 15 is 0 Å². The largest absolute Gasteiger partial charge is 0.474 e. The van der Waals surface area contributed by atoms with E-state index in [0.717, 1.165) is 0 Å². The molecule has 0 saturated carbocycles. The van der Waals surface area contributed by atoms with Gasteiger partial charge in [0, 0.05) is 32.5 Å². The molecule has 0 rings (SSSR count). The maximum absolute atomic E-state index is 11.8. The van der Waals surface area contributed by atoms with Crippen LogP contribution < -0.4 is 0 Å². The van der Waals surface area contributed by atoms with Gasteiger partial charge in [-0.1, -0.05) is 20.8 Å². The van der Waals surface area contributed by atoms with Crippen molar-refractivity contribution in [2.75, 3.05) is 20.8 Å². The second kappa shape index (κ2) is 7.79. The molecule has 0 N–H and O–H groups in total. The summed E-state index contributed by atoms with van der Waals surface area (Å²) in [5, 5.41) is 0. The number of carbonyl (C=O) groups excluding carboxylic acids is 2. The smallest absolute Gasteiger partial charge is 0.299 e. The van der Waals surface area contributed by atoms with Crippen molar-refractivity contribution in [3.8, 4) is 0 Å². The molecular formula is C11H21O6P. The van der Waals surface area contributed by atoms with Crippen LogP contribution >= 0.6 is 7.82 Å². The van der Waals surface area contributed by atoms with Crippen molar-refractivity contribution in [1.29, 1.82) is 0 Å². The summed E-state index contributed by atoms with van der Waals surface area (Å²) in [6.45, 7) is 4.69. The number of hydrogen-bond acceptors (Lipinski definition) is 6. The van der Waals surface area contributed by atoms with Gasteiger partial charge in [-0.3, -0.25) is 23.2 Å². The van der Waals surface area contributed by atoms with Crippen molar-refractivity contribution < 1.29 is 27.7 Å². The van der Waals surface area contributed by atoms with Gasteiger partial charge in [0.1, 0.15) is 12.4 Å². The Morgan fingerprint density at radius 2 is 1.50 bits per heavy atom. The number of phosphoric ester groups is 1. The second-order valence-corrected chi connectivity index (χ2v) is 5.83. The average Bonchev–Trinajstić information content (AvgIpc) is 2.41. The summed E-state index contributed by atoms with van der Waals surface area (Å²) >= 11 is 0. The Morgan fingerprint density at radius 3 is 1.89 bits per heavy atom. The summed E-state index contributed by atoms with van der Waals surface area (Å²) in [6.07, 6.45) is 0.383. The number of phosphoric acid groups is 1. The van der Waals surface area contributed by atoms with Crippen molar-refractivity contribution in [3.05, 3.63) is 0 Å². The van der Waals surface area contributed by atoms with Gasteiger partial charge in [0.25, 0.3) is 0 Å². The lowest BCUT2D eigenvalue weighted by molar-refractivity contribution is -0.132. The number of hydrogen-bond donors (Lipinski definition) is 0. The molecule has 0 heterocycles. The second-order valence-electron chi connectivity index (χ2n) is 3.95. The van der Waals surface area contributed by atoms with Crippen LogP contribution in [0, 0.1) is 11.8 Å². The summed E-state index contributed by atoms with van der Waals surface area (Å²) in [5.74, 6) is -1.16. The first kappa shape index (κ1) is 17.4. The minimum absolute atomic E-state index is 0.0116. The zero-order valence-electron chi connectivity index (χ0n) is 11.5. The lowest BCUT2D eigenvalue weighted by Crippen LogP contribution is -2.27. The molecule has 18 heavy (non-hydrogen) atoms. The minimum atomic E-state index is -3.64. The van der Waals surface area contributed by atoms with Gasteiger partial charge >= 0.3 is 7.82 Å². The Kier molecular flexibility index (Phi) is 7.55. The molecule has 106 valence electrons. The molecule has 0 saturated heterocycles. The van der Waals surface area contributed by atoms with Crippen molar-refractivity contribution in [1.82, 2.24) is 0 Å². The van der Waals surface area contributed by atoms with Crippen LogP contribution in [0.2, 0.25) is 0 Å². The Hall–Kier alpha value is -0.550. The van der Waals surface area contributed by atoms with Gasteiger partial charge in [-0.15, -0.1) is 0 Å². The van der Waals surface area contributed by atoms with Crippen molar-refractivity contribution in [3.63, 3.8) is 0 Å². The molecule has 2 atom stereocenters. The summed E-state index contributed by atoms with van der Waals surface area (Å²) < 4.78 is 25.5. The highest BCUT2D eigenvalue weighted by atomic mass is 31.2. The fraction of sp³-hybridized carbons (Fsp3) is 0.818. The molecule has 0 aliphatic heterocycles. The third kappa shape index (κ3) is 4.98. The highest BCUT2D eigenvalue weighted by molar-refractivity contribution is 7.48. The number of ketones is 2. The van der Waals surface area contributed by atoms with Crippen molar-refractivity contribution in [2.45, 2.75) is 27.2 Å². The van der Waals surface area contributed by atoms with Crippen LogP contribution in [0.5, 0.6) is 0 Å². The summed E-state index contributed by atoms with van der Waals surface area (Å²) in [6, 6.07) is 0. The highest BCUT2D eigenvalue weighted by Gasteiger charge is 2.29. The molecule has 0 amide bonds. The van der Waals surface area contributed by atoms with E-state index < -0.39 is 20.3 Å². The molecule has 0 aliphatic rings. The van der Waals surface area contributed by atoms with E-state index in [9.17, 15) is 14.2 Å². The van der Waals surface area contributed by atoms with E-state index in [4.69, 9.17) is 4.52 Å². The molecule has 0 fully saturated rings. The monoisotopic (exact) mass is 280 g/mol. The van der Waals surface area contributed by atoms with E-state index in [1.54, 1.807) is 20.8 Å². The van der Waals surface area contributed by atoms with Crippen LogP contribution in [0.25, 0.3) is 0 Å². The fourth-order valence-corrected chi connectivity index (χ4v) is 1.98. The van der Waals surface area contributed by atoms with E-state index in [-0.39, 0.29) is 17.5 Å². The molecule has 0 aromatic rings. The van der Waals surface area contributed by atoms with E-state index in [1.165, 1.54) is 14.2 Å². The van der Waals surface area contributed by atoms with Gasteiger partial charge in [0.15, 0.2) is 5.78 Å². The lowest BCUT2D eigenvalue weighted by atomic mass is 9.88. The fourth-order valence-electron chi connectivity index (χ4n) is 1.33. The number of Topliss-reactive ketones (excluding diaryl/α,β-unsaturated/α-hetero) is 2. The molecule has 0 spiro atoms. The molecule has 0 aromatic heterocycles. The summed E-state index contributed by atoms with van der Waals surface area (Å²) in [5.41, 5.74) is 0. The van der Waals surface area contributed by atoms with Crippen LogP contribution in [0.15, 0.2) is 0 Å². The quantitative estimate of drug-likeness (QED) is 0.602. The minimum Gasteiger partial charge on any atom is -0.299 e. The van der Waals surface area contributed by atoms with Crippen molar-refractivity contribution in [2.24, 2.45) is 11.8 Å². The third-order valence-corrected chi connectivity index (χ3v) is 4.27. The number of carbonyl (C=O) groups is 2. The first-order chi connectivity index (χ1) is 8.31. The molecule has 2 unspecified atom stereocenters. The Labute approximate surface area is 108 Å². The van der Waals surface area contributed by atoms with Gasteiger partial charge in [-0.2, -0.15) is 0 Å². The van der Waals surface area contributed by atoms with Gasteiger partial charge in [-0.25, -0.2) is 4.57 Å². The Bertz CT molecular complexity index is 332. The molecule has 0 aromatic carbocycles. The molecule has 7 heteroatoms. The van der Waals surface area contributed by atoms with Crippen LogP contribution in [0.1, 0.15) is 27.2 Å². The van der Waals surface area contributed by atoms with Crippen molar-refractivity contribution >= 4 is 19.4 Å². The standard InChI is InChI=1S/C11H21O6P/c1-6-10(12)8(2)9(3)11(13)7-17-18(14,15-4)16-5/h8-9H,6-7H2,1-5H3. The van der Waals surface area contributed by atoms with Gasteiger partial charge in [0.2, 0.25) is 0 Å². The molecule has 0 radical (unpaired) electrons. The Balaban J connectivity index is 4.42. The van der Waals surface area contributed by atoms with E-state index in [1.807, 2.05) is 0 Å². The first-order valence-electron chi connectivity index (χ1n) is 5.72. The first-order valence-corrected chi connectivity index (χ1v) is 7.18. The maximum atomic E-state index is 11.8. The van der Waals surface area contributed by atoms with E-state index in [0.29, 0.717) is 6.42 Å². The normalized spacial score (nSPS) is 15.2. The summed E-state index contributed by atoms with van der Waals surface area (Å²) in [4.78, 5) is 23.2. The van der Waals surface area contributed by atoms with E-state index in [2.05, 4.69) is 9.05 Å². The molecule has 0 bridgehead atoms. The molecular weight excluding hydrogens is 259 g/mol.